The van der Waals surface area contributed by atoms with E-state index in [0.29, 0.717) is 5.92 Å². The first-order chi connectivity index (χ1) is 5.74. The average molecular weight is 184 g/mol. The van der Waals surface area contributed by atoms with Crippen molar-refractivity contribution < 1.29 is 0 Å². The Balaban J connectivity index is 2.52. The molecule has 1 rings (SSSR count). The van der Waals surface area contributed by atoms with Gasteiger partial charge >= 0.3 is 0 Å². The molecule has 3 heteroatoms. The molecule has 1 aliphatic rings. The molecule has 0 bridgehead atoms. The number of hydrogen-bond acceptors (Lipinski definition) is 2. The van der Waals surface area contributed by atoms with Crippen LogP contribution in [0.2, 0.25) is 0 Å². The van der Waals surface area contributed by atoms with Gasteiger partial charge in [-0.1, -0.05) is 26.1 Å². The minimum Gasteiger partial charge on any atom is -0.388 e. The Morgan fingerprint density at radius 1 is 1.75 bits per heavy atom. The second-order valence-corrected chi connectivity index (χ2v) is 3.61. The summed E-state index contributed by atoms with van der Waals surface area (Å²) >= 11 is 5.06. The molecule has 0 aromatic carbocycles. The topological polar surface area (TPSA) is 24.1 Å². The Morgan fingerprint density at radius 3 is 3.17 bits per heavy atom. The van der Waals surface area contributed by atoms with E-state index in [9.17, 15) is 0 Å². The van der Waals surface area contributed by atoms with Gasteiger partial charge in [-0.25, -0.2) is 0 Å². The summed E-state index contributed by atoms with van der Waals surface area (Å²) in [5, 5.41) is 6.54. The Kier molecular flexibility index (Phi) is 3.53. The molecule has 0 aromatic heterocycles. The van der Waals surface area contributed by atoms with E-state index in [-0.39, 0.29) is 0 Å². The number of hydrogen-bond donors (Lipinski definition) is 2. The fourth-order valence-corrected chi connectivity index (χ4v) is 1.40. The minimum atomic E-state index is 0.559. The van der Waals surface area contributed by atoms with Crippen LogP contribution in [-0.4, -0.2) is 18.1 Å². The van der Waals surface area contributed by atoms with Gasteiger partial charge in [-0.15, -0.1) is 0 Å². The van der Waals surface area contributed by atoms with Crippen molar-refractivity contribution in [3.8, 4) is 0 Å². The fourth-order valence-electron chi connectivity index (χ4n) is 1.19. The quantitative estimate of drug-likeness (QED) is 0.649. The molecule has 68 valence electrons. The molecule has 1 atom stereocenters. The third kappa shape index (κ3) is 2.48. The van der Waals surface area contributed by atoms with Crippen molar-refractivity contribution >= 4 is 17.2 Å². The maximum absolute atomic E-state index is 5.06. The summed E-state index contributed by atoms with van der Waals surface area (Å²) in [5.41, 5.74) is 1.28. The van der Waals surface area contributed by atoms with Crippen LogP contribution in [0.5, 0.6) is 0 Å². The molecule has 0 aromatic rings. The smallest absolute Gasteiger partial charge is 0.101 e. The average Bonchev–Trinajstić information content (AvgIpc) is 2.07. The summed E-state index contributed by atoms with van der Waals surface area (Å²) in [4.78, 5) is 0.853. The van der Waals surface area contributed by atoms with E-state index in [2.05, 4.69) is 24.5 Å². The number of nitrogens with one attached hydrogen (secondary N) is 2. The van der Waals surface area contributed by atoms with Crippen LogP contribution in [-0.2, 0) is 0 Å². The second kappa shape index (κ2) is 4.45. The van der Waals surface area contributed by atoms with Gasteiger partial charge in [0.2, 0.25) is 0 Å². The lowest BCUT2D eigenvalue weighted by atomic mass is 10.0. The van der Waals surface area contributed by atoms with Crippen molar-refractivity contribution in [3.63, 3.8) is 0 Å². The van der Waals surface area contributed by atoms with Crippen molar-refractivity contribution in [2.45, 2.75) is 20.3 Å². The molecule has 1 unspecified atom stereocenters. The van der Waals surface area contributed by atoms with Crippen LogP contribution in [0.15, 0.2) is 11.8 Å². The molecule has 0 radical (unpaired) electrons. The Hall–Kier alpha value is -0.570. The highest BCUT2D eigenvalue weighted by atomic mass is 32.1. The predicted octanol–water partition coefficient (Wildman–Crippen LogP) is 1.44. The number of rotatable bonds is 3. The van der Waals surface area contributed by atoms with E-state index in [1.165, 1.54) is 5.70 Å². The van der Waals surface area contributed by atoms with Gasteiger partial charge in [-0.05, 0) is 12.5 Å². The van der Waals surface area contributed by atoms with E-state index < -0.39 is 0 Å². The van der Waals surface area contributed by atoms with Crippen LogP contribution in [0.25, 0.3) is 0 Å². The highest BCUT2D eigenvalue weighted by Gasteiger charge is 2.13. The van der Waals surface area contributed by atoms with Gasteiger partial charge in [-0.2, -0.15) is 0 Å². The maximum atomic E-state index is 5.06. The first-order valence-electron chi connectivity index (χ1n) is 4.47. The molecule has 0 aliphatic carbocycles. The Morgan fingerprint density at radius 2 is 2.50 bits per heavy atom. The molecule has 0 amide bonds. The molecule has 0 fully saturated rings. The maximum Gasteiger partial charge on any atom is 0.101 e. The van der Waals surface area contributed by atoms with Gasteiger partial charge in [-0.3, -0.25) is 0 Å². The van der Waals surface area contributed by atoms with Gasteiger partial charge in [0, 0.05) is 24.7 Å². The van der Waals surface area contributed by atoms with Gasteiger partial charge in [0.05, 0.1) is 0 Å². The van der Waals surface area contributed by atoms with Crippen LogP contribution < -0.4 is 10.6 Å². The molecule has 0 spiro atoms. The lowest BCUT2D eigenvalue weighted by Crippen LogP contribution is -2.36. The molecular formula is C9H16N2S. The van der Waals surface area contributed by atoms with E-state index in [1.807, 2.05) is 6.08 Å². The standard InChI is InChI=1S/C9H16N2S/c1-3-4-10-8-5-9(12)11-6-7(8)2/h5,7,10H,3-4,6H2,1-2H3,(H,11,12). The lowest BCUT2D eigenvalue weighted by Gasteiger charge is -2.23. The monoisotopic (exact) mass is 184 g/mol. The summed E-state index contributed by atoms with van der Waals surface area (Å²) in [6, 6.07) is 0. The van der Waals surface area contributed by atoms with Gasteiger partial charge in [0.15, 0.2) is 0 Å². The summed E-state index contributed by atoms with van der Waals surface area (Å²) in [6.45, 7) is 6.36. The molecule has 2 nitrogen and oxygen atoms in total. The van der Waals surface area contributed by atoms with E-state index in [4.69, 9.17) is 12.2 Å². The fraction of sp³-hybridized carbons (Fsp3) is 0.667. The molecule has 1 heterocycles. The largest absolute Gasteiger partial charge is 0.388 e. The summed E-state index contributed by atoms with van der Waals surface area (Å²) < 4.78 is 0. The van der Waals surface area contributed by atoms with Gasteiger partial charge in [0.25, 0.3) is 0 Å². The zero-order chi connectivity index (χ0) is 8.97. The third-order valence-corrected chi connectivity index (χ3v) is 2.24. The summed E-state index contributed by atoms with van der Waals surface area (Å²) in [6.07, 6.45) is 3.18. The van der Waals surface area contributed by atoms with Crippen LogP contribution in [0.4, 0.5) is 0 Å². The van der Waals surface area contributed by atoms with Gasteiger partial charge < -0.3 is 10.6 Å². The van der Waals surface area contributed by atoms with Crippen molar-refractivity contribution in [1.82, 2.24) is 10.6 Å². The highest BCUT2D eigenvalue weighted by molar-refractivity contribution is 7.80. The zero-order valence-electron chi connectivity index (χ0n) is 7.68. The molecule has 1 aliphatic heterocycles. The molecule has 0 saturated carbocycles. The summed E-state index contributed by atoms with van der Waals surface area (Å²) in [5.74, 6) is 0.559. The summed E-state index contributed by atoms with van der Waals surface area (Å²) in [7, 11) is 0. The first kappa shape index (κ1) is 9.52. The SMILES string of the molecule is CCCNC1=CC(=S)NCC1C. The zero-order valence-corrected chi connectivity index (χ0v) is 8.50. The van der Waals surface area contributed by atoms with Crippen LogP contribution in [0.1, 0.15) is 20.3 Å². The van der Waals surface area contributed by atoms with E-state index >= 15 is 0 Å². The minimum absolute atomic E-state index is 0.559. The second-order valence-electron chi connectivity index (χ2n) is 3.17. The Bertz CT molecular complexity index is 199. The first-order valence-corrected chi connectivity index (χ1v) is 4.88. The van der Waals surface area contributed by atoms with Gasteiger partial charge in [0.1, 0.15) is 4.99 Å². The van der Waals surface area contributed by atoms with Crippen molar-refractivity contribution in [1.29, 1.82) is 0 Å². The van der Waals surface area contributed by atoms with Crippen LogP contribution in [0.3, 0.4) is 0 Å². The molecule has 0 saturated heterocycles. The number of thiocarbonyl (C=S) groups is 1. The lowest BCUT2D eigenvalue weighted by molar-refractivity contribution is 0.577. The molecule has 12 heavy (non-hydrogen) atoms. The van der Waals surface area contributed by atoms with Crippen molar-refractivity contribution in [2.24, 2.45) is 5.92 Å². The molecular weight excluding hydrogens is 168 g/mol. The Labute approximate surface area is 79.4 Å². The predicted molar refractivity (Wildman–Crippen MR) is 56.1 cm³/mol. The van der Waals surface area contributed by atoms with Crippen LogP contribution in [0, 0.1) is 5.92 Å². The third-order valence-electron chi connectivity index (χ3n) is 1.98. The van der Waals surface area contributed by atoms with E-state index in [0.717, 1.165) is 24.5 Å². The van der Waals surface area contributed by atoms with Crippen molar-refractivity contribution in [3.05, 3.63) is 11.8 Å². The van der Waals surface area contributed by atoms with Crippen molar-refractivity contribution in [2.75, 3.05) is 13.1 Å². The normalized spacial score (nSPS) is 23.0. The van der Waals surface area contributed by atoms with Crippen LogP contribution >= 0.6 is 12.2 Å². The highest BCUT2D eigenvalue weighted by Crippen LogP contribution is 2.10. The molecule has 2 N–H and O–H groups in total. The van der Waals surface area contributed by atoms with E-state index in [1.54, 1.807) is 0 Å².